The fourth-order valence-electron chi connectivity index (χ4n) is 2.58. The highest BCUT2D eigenvalue weighted by Gasteiger charge is 2.34. The first-order valence-corrected chi connectivity index (χ1v) is 7.32. The fourth-order valence-corrected chi connectivity index (χ4v) is 2.58. The molecule has 0 saturated heterocycles. The Morgan fingerprint density at radius 2 is 1.83 bits per heavy atom. The molecule has 2 amide bonds. The van der Waals surface area contributed by atoms with E-state index in [2.05, 4.69) is 15.4 Å². The van der Waals surface area contributed by atoms with Gasteiger partial charge < -0.3 is 20.5 Å². The molecule has 3 N–H and O–H groups in total. The first-order valence-electron chi connectivity index (χ1n) is 7.32. The van der Waals surface area contributed by atoms with E-state index in [0.717, 1.165) is 25.7 Å². The number of alkyl halides is 3. The average molecular weight is 332 g/mol. The number of carbonyl (C=O) groups excluding carboxylic acids is 1. The molecule has 0 heterocycles. The van der Waals surface area contributed by atoms with Gasteiger partial charge in [-0.25, -0.2) is 4.79 Å². The summed E-state index contributed by atoms with van der Waals surface area (Å²) in [6, 6.07) is 5.14. The van der Waals surface area contributed by atoms with Gasteiger partial charge >= 0.3 is 12.2 Å². The highest BCUT2D eigenvalue weighted by molar-refractivity contribution is 5.89. The summed E-state index contributed by atoms with van der Waals surface area (Å²) in [5, 5.41) is 14.8. The van der Waals surface area contributed by atoms with Crippen molar-refractivity contribution in [1.29, 1.82) is 0 Å². The van der Waals surface area contributed by atoms with Crippen LogP contribution in [0.1, 0.15) is 25.7 Å². The monoisotopic (exact) mass is 332 g/mol. The summed E-state index contributed by atoms with van der Waals surface area (Å²) in [5.41, 5.74) is -0.159. The predicted octanol–water partition coefficient (Wildman–Crippen LogP) is 3.05. The minimum absolute atomic E-state index is 0.0657. The van der Waals surface area contributed by atoms with Crippen LogP contribution in [-0.4, -0.2) is 36.1 Å². The maximum atomic E-state index is 12.0. The number of hydrogen-bond acceptors (Lipinski definition) is 3. The van der Waals surface area contributed by atoms with E-state index in [1.807, 2.05) is 0 Å². The summed E-state index contributed by atoms with van der Waals surface area (Å²) in [6.07, 6.45) is -1.04. The van der Waals surface area contributed by atoms with Crippen LogP contribution in [0.3, 0.4) is 0 Å². The third kappa shape index (κ3) is 5.31. The summed E-state index contributed by atoms with van der Waals surface area (Å²) >= 11 is 0. The quantitative estimate of drug-likeness (QED) is 0.776. The number of aliphatic hydroxyl groups is 1. The molecular formula is C15H19F3N2O3. The van der Waals surface area contributed by atoms with Gasteiger partial charge in [-0.05, 0) is 37.1 Å². The molecule has 128 valence electrons. The number of ether oxygens (including phenoxy) is 1. The Balaban J connectivity index is 1.86. The predicted molar refractivity (Wildman–Crippen MR) is 78.4 cm³/mol. The van der Waals surface area contributed by atoms with Gasteiger partial charge in [-0.2, -0.15) is 13.2 Å². The number of amides is 2. The summed E-state index contributed by atoms with van der Waals surface area (Å²) in [6.45, 7) is -1.48. The van der Waals surface area contributed by atoms with E-state index < -0.39 is 24.4 Å². The summed E-state index contributed by atoms with van der Waals surface area (Å²) in [7, 11) is 0. The number of carbonyl (C=O) groups is 1. The number of nitrogens with one attached hydrogen (secondary N) is 2. The number of anilines is 1. The molecule has 5 nitrogen and oxygen atoms in total. The van der Waals surface area contributed by atoms with E-state index in [0.29, 0.717) is 5.69 Å². The molecule has 1 saturated carbocycles. The highest BCUT2D eigenvalue weighted by atomic mass is 19.4. The first kappa shape index (κ1) is 17.4. The van der Waals surface area contributed by atoms with Gasteiger partial charge in [0.25, 0.3) is 0 Å². The van der Waals surface area contributed by atoms with Crippen LogP contribution in [0.5, 0.6) is 5.75 Å². The van der Waals surface area contributed by atoms with Gasteiger partial charge in [0.15, 0.2) is 6.61 Å². The zero-order valence-corrected chi connectivity index (χ0v) is 12.4. The second-order valence-electron chi connectivity index (χ2n) is 5.65. The fraction of sp³-hybridized carbons (Fsp3) is 0.533. The second-order valence-corrected chi connectivity index (χ2v) is 5.65. The molecule has 1 fully saturated rings. The molecule has 1 aliphatic rings. The molecule has 0 bridgehead atoms. The van der Waals surface area contributed by atoms with E-state index >= 15 is 0 Å². The molecular weight excluding hydrogens is 313 g/mol. The average Bonchev–Trinajstić information content (AvgIpc) is 2.94. The molecule has 0 aliphatic heterocycles. The summed E-state index contributed by atoms with van der Waals surface area (Å²) in [5.74, 6) is 0.0657. The second kappa shape index (κ2) is 7.08. The first-order chi connectivity index (χ1) is 10.8. The van der Waals surface area contributed by atoms with Crippen LogP contribution in [0.2, 0.25) is 0 Å². The Labute approximate surface area is 131 Å². The number of hydrogen-bond donors (Lipinski definition) is 3. The number of benzene rings is 1. The molecule has 1 aromatic carbocycles. The molecule has 1 aliphatic carbocycles. The van der Waals surface area contributed by atoms with Crippen molar-refractivity contribution in [2.45, 2.75) is 37.4 Å². The van der Waals surface area contributed by atoms with E-state index in [-0.39, 0.29) is 12.4 Å². The van der Waals surface area contributed by atoms with Crippen molar-refractivity contribution < 1.29 is 27.8 Å². The van der Waals surface area contributed by atoms with Crippen LogP contribution in [0.4, 0.5) is 23.7 Å². The lowest BCUT2D eigenvalue weighted by molar-refractivity contribution is -0.153. The van der Waals surface area contributed by atoms with Crippen molar-refractivity contribution >= 4 is 11.7 Å². The Hall–Kier alpha value is -1.96. The molecule has 2 rings (SSSR count). The van der Waals surface area contributed by atoms with Gasteiger partial charge in [0.05, 0.1) is 12.1 Å². The molecule has 0 atom stereocenters. The topological polar surface area (TPSA) is 70.6 Å². The number of halogens is 3. The normalized spacial score (nSPS) is 16.9. The van der Waals surface area contributed by atoms with Gasteiger partial charge in [0.2, 0.25) is 0 Å². The van der Waals surface area contributed by atoms with Crippen molar-refractivity contribution in [3.8, 4) is 5.75 Å². The van der Waals surface area contributed by atoms with Crippen molar-refractivity contribution in [1.82, 2.24) is 5.32 Å². The lowest BCUT2D eigenvalue weighted by Gasteiger charge is -2.27. The van der Waals surface area contributed by atoms with Crippen molar-refractivity contribution in [3.05, 3.63) is 24.3 Å². The van der Waals surface area contributed by atoms with E-state index in [1.54, 1.807) is 0 Å². The minimum Gasteiger partial charge on any atom is -0.484 e. The zero-order chi connectivity index (χ0) is 16.9. The molecule has 0 aromatic heterocycles. The van der Waals surface area contributed by atoms with Crippen LogP contribution >= 0.6 is 0 Å². The lowest BCUT2D eigenvalue weighted by atomic mass is 9.99. The SMILES string of the molecule is O=C(Nc1ccc(OCC(F)(F)F)cc1)NC1(CO)CCCC1. The number of aliphatic hydroxyl groups excluding tert-OH is 1. The molecule has 1 aromatic rings. The summed E-state index contributed by atoms with van der Waals surface area (Å²) < 4.78 is 40.7. The molecule has 8 heteroatoms. The van der Waals surface area contributed by atoms with E-state index in [9.17, 15) is 23.1 Å². The highest BCUT2D eigenvalue weighted by Crippen LogP contribution is 2.29. The molecule has 0 spiro atoms. The Morgan fingerprint density at radius 1 is 1.22 bits per heavy atom. The number of rotatable bonds is 5. The van der Waals surface area contributed by atoms with Crippen LogP contribution in [0.25, 0.3) is 0 Å². The lowest BCUT2D eigenvalue weighted by Crippen LogP contribution is -2.50. The maximum Gasteiger partial charge on any atom is 0.422 e. The van der Waals surface area contributed by atoms with Gasteiger partial charge in [-0.15, -0.1) is 0 Å². The summed E-state index contributed by atoms with van der Waals surface area (Å²) in [4.78, 5) is 12.0. The smallest absolute Gasteiger partial charge is 0.422 e. The Morgan fingerprint density at radius 3 is 2.35 bits per heavy atom. The van der Waals surface area contributed by atoms with Crippen molar-refractivity contribution in [2.24, 2.45) is 0 Å². The largest absolute Gasteiger partial charge is 0.484 e. The Bertz CT molecular complexity index is 526. The number of urea groups is 1. The van der Waals surface area contributed by atoms with Gasteiger partial charge in [0, 0.05) is 5.69 Å². The van der Waals surface area contributed by atoms with Crippen molar-refractivity contribution in [2.75, 3.05) is 18.5 Å². The van der Waals surface area contributed by atoms with Crippen molar-refractivity contribution in [3.63, 3.8) is 0 Å². The minimum atomic E-state index is -4.39. The van der Waals surface area contributed by atoms with Gasteiger partial charge in [-0.1, -0.05) is 12.8 Å². The molecule has 0 unspecified atom stereocenters. The van der Waals surface area contributed by atoms with Crippen LogP contribution in [0, 0.1) is 0 Å². The maximum absolute atomic E-state index is 12.0. The van der Waals surface area contributed by atoms with E-state index in [4.69, 9.17) is 0 Å². The van der Waals surface area contributed by atoms with Gasteiger partial charge in [-0.3, -0.25) is 0 Å². The zero-order valence-electron chi connectivity index (χ0n) is 12.4. The Kier molecular flexibility index (Phi) is 5.35. The third-order valence-electron chi connectivity index (χ3n) is 3.76. The van der Waals surface area contributed by atoms with Crippen LogP contribution < -0.4 is 15.4 Å². The van der Waals surface area contributed by atoms with E-state index in [1.165, 1.54) is 24.3 Å². The van der Waals surface area contributed by atoms with Gasteiger partial charge in [0.1, 0.15) is 5.75 Å². The third-order valence-corrected chi connectivity index (χ3v) is 3.76. The standard InChI is InChI=1S/C15H19F3N2O3/c16-15(17,18)10-23-12-5-3-11(4-6-12)19-13(22)20-14(9-21)7-1-2-8-14/h3-6,21H,1-2,7-10H2,(H2,19,20,22). The van der Waals surface area contributed by atoms with Crippen LogP contribution in [-0.2, 0) is 0 Å². The van der Waals surface area contributed by atoms with Crippen LogP contribution in [0.15, 0.2) is 24.3 Å². The molecule has 23 heavy (non-hydrogen) atoms. The molecule has 0 radical (unpaired) electrons.